The van der Waals surface area contributed by atoms with Gasteiger partial charge in [0.05, 0.1) is 19.3 Å². The van der Waals surface area contributed by atoms with Crippen molar-refractivity contribution in [1.82, 2.24) is 0 Å². The predicted octanol–water partition coefficient (Wildman–Crippen LogP) is 5.15. The van der Waals surface area contributed by atoms with Crippen molar-refractivity contribution >= 4 is 15.9 Å². The Bertz CT molecular complexity index is 355. The van der Waals surface area contributed by atoms with Crippen LogP contribution < -0.4 is 0 Å². The van der Waals surface area contributed by atoms with Crippen molar-refractivity contribution in [3.63, 3.8) is 0 Å². The lowest BCUT2D eigenvalue weighted by Gasteiger charge is -2.45. The van der Waals surface area contributed by atoms with Crippen LogP contribution in [-0.4, -0.2) is 38.6 Å². The van der Waals surface area contributed by atoms with Gasteiger partial charge in [-0.3, -0.25) is 4.57 Å². The molecule has 0 unspecified atom stereocenters. The minimum Gasteiger partial charge on any atom is -0.410 e. The van der Waals surface area contributed by atoms with Crippen LogP contribution in [0.25, 0.3) is 0 Å². The van der Waals surface area contributed by atoms with E-state index in [2.05, 4.69) is 41.5 Å². The molecule has 0 saturated carbocycles. The molecule has 7 heteroatoms. The van der Waals surface area contributed by atoms with E-state index in [1.807, 2.05) is 0 Å². The fourth-order valence-electron chi connectivity index (χ4n) is 3.60. The van der Waals surface area contributed by atoms with Gasteiger partial charge in [-0.1, -0.05) is 41.5 Å². The van der Waals surface area contributed by atoms with Gasteiger partial charge < -0.3 is 18.6 Å². The molecule has 0 aromatic carbocycles. The van der Waals surface area contributed by atoms with E-state index in [4.69, 9.17) is 13.5 Å². The van der Waals surface area contributed by atoms with Crippen LogP contribution in [0.15, 0.2) is 0 Å². The highest BCUT2D eigenvalue weighted by molar-refractivity contribution is 7.54. The summed E-state index contributed by atoms with van der Waals surface area (Å²) in [6.07, 6.45) is -0.599. The molecule has 0 aromatic heterocycles. The Morgan fingerprint density at radius 1 is 0.870 bits per heavy atom. The highest BCUT2D eigenvalue weighted by atomic mass is 31.2. The van der Waals surface area contributed by atoms with Crippen molar-refractivity contribution in [1.29, 1.82) is 0 Å². The van der Waals surface area contributed by atoms with Crippen LogP contribution in [0.5, 0.6) is 0 Å². The molecule has 0 spiro atoms. The van der Waals surface area contributed by atoms with Crippen molar-refractivity contribution in [2.24, 2.45) is 0 Å². The van der Waals surface area contributed by atoms with Crippen LogP contribution >= 0.6 is 7.60 Å². The highest BCUT2D eigenvalue weighted by Crippen LogP contribution is 2.54. The average Bonchev–Trinajstić information content (AvgIpc) is 2.42. The first kappa shape index (κ1) is 23.3. The summed E-state index contributed by atoms with van der Waals surface area (Å²) in [5.74, 6) is -1.27. The molecule has 0 aliphatic carbocycles. The second-order valence-electron chi connectivity index (χ2n) is 6.93. The molecular formula is C16H37O5PSi. The lowest BCUT2D eigenvalue weighted by atomic mass is 10.4. The van der Waals surface area contributed by atoms with Crippen LogP contribution in [-0.2, 0) is 18.0 Å². The number of hydrogen-bond donors (Lipinski definition) is 1. The Balaban J connectivity index is 5.48. The van der Waals surface area contributed by atoms with Crippen molar-refractivity contribution in [2.75, 3.05) is 13.2 Å². The first-order valence-corrected chi connectivity index (χ1v) is 12.5. The van der Waals surface area contributed by atoms with Crippen LogP contribution in [0.2, 0.25) is 16.6 Å². The van der Waals surface area contributed by atoms with E-state index >= 15 is 0 Å². The van der Waals surface area contributed by atoms with Crippen molar-refractivity contribution in [2.45, 2.75) is 90.9 Å². The summed E-state index contributed by atoms with van der Waals surface area (Å²) < 4.78 is 29.8. The SMILES string of the molecule is CCOP(=[18O])(OCC)[C@@H](O)[C@@H](C)O[Si](C(C)C)(C(C)C)C(C)C. The predicted molar refractivity (Wildman–Crippen MR) is 98.5 cm³/mol. The summed E-state index contributed by atoms with van der Waals surface area (Å²) in [7, 11) is -5.76. The zero-order valence-corrected chi connectivity index (χ0v) is 18.2. The summed E-state index contributed by atoms with van der Waals surface area (Å²) in [5.41, 5.74) is 1.15. The van der Waals surface area contributed by atoms with Crippen LogP contribution in [0.4, 0.5) is 0 Å². The van der Waals surface area contributed by atoms with Crippen molar-refractivity contribution in [3.8, 4) is 0 Å². The topological polar surface area (TPSA) is 65.0 Å². The Morgan fingerprint density at radius 2 is 1.22 bits per heavy atom. The third-order valence-corrected chi connectivity index (χ3v) is 13.0. The molecule has 0 aliphatic heterocycles. The van der Waals surface area contributed by atoms with Gasteiger partial charge >= 0.3 is 7.60 Å². The normalized spacial score (nSPS) is 16.4. The molecule has 0 heterocycles. The lowest BCUT2D eigenvalue weighted by molar-refractivity contribution is 0.0553. The standard InChI is InChI=1S/C16H37O5PSi/c1-10-19-22(18,20-11-2)16(17)15(9)21-23(12(3)4,13(5)6)14(7)8/h12-17H,10-11H2,1-9H3/t15-,16-/m1/s1/i18+2. The molecule has 0 rings (SSSR count). The van der Waals surface area contributed by atoms with Gasteiger partial charge in [0.25, 0.3) is 0 Å². The Kier molecular flexibility index (Phi) is 9.81. The molecule has 23 heavy (non-hydrogen) atoms. The molecule has 0 amide bonds. The summed E-state index contributed by atoms with van der Waals surface area (Å²) in [6, 6.07) is 0. The monoisotopic (exact) mass is 370 g/mol. The molecule has 0 fully saturated rings. The van der Waals surface area contributed by atoms with E-state index < -0.39 is 27.9 Å². The van der Waals surface area contributed by atoms with E-state index in [0.29, 0.717) is 16.6 Å². The van der Waals surface area contributed by atoms with E-state index in [9.17, 15) is 9.67 Å². The van der Waals surface area contributed by atoms with Crippen LogP contribution in [0.3, 0.4) is 0 Å². The molecule has 0 bridgehead atoms. The highest BCUT2D eigenvalue weighted by Gasteiger charge is 2.49. The molecule has 0 radical (unpaired) electrons. The van der Waals surface area contributed by atoms with Gasteiger partial charge in [-0.15, -0.1) is 0 Å². The van der Waals surface area contributed by atoms with Crippen molar-refractivity contribution in [3.05, 3.63) is 0 Å². The van der Waals surface area contributed by atoms with Crippen LogP contribution in [0.1, 0.15) is 62.3 Å². The number of rotatable bonds is 11. The Hall–Kier alpha value is 0.287. The average molecular weight is 371 g/mol. The summed E-state index contributed by atoms with van der Waals surface area (Å²) >= 11 is 0. The zero-order chi connectivity index (χ0) is 18.4. The largest absolute Gasteiger partial charge is 0.410 e. The summed E-state index contributed by atoms with van der Waals surface area (Å²) in [6.45, 7) is 18.7. The molecule has 0 saturated heterocycles. The molecule has 1 N–H and O–H groups in total. The Labute approximate surface area is 143 Å². The number of aliphatic hydroxyl groups excluding tert-OH is 1. The van der Waals surface area contributed by atoms with Crippen LogP contribution in [0, 0.1) is 0 Å². The van der Waals surface area contributed by atoms with E-state index in [0.717, 1.165) is 0 Å². The number of hydrogen-bond acceptors (Lipinski definition) is 5. The van der Waals surface area contributed by atoms with Gasteiger partial charge in [0.2, 0.25) is 8.32 Å². The second-order valence-corrected chi connectivity index (χ2v) is 14.5. The van der Waals surface area contributed by atoms with Gasteiger partial charge in [0.1, 0.15) is 0 Å². The molecule has 0 aromatic rings. The van der Waals surface area contributed by atoms with Gasteiger partial charge in [-0.2, -0.15) is 0 Å². The molecule has 2 atom stereocenters. The molecule has 0 aliphatic rings. The maximum absolute atomic E-state index is 12.8. The van der Waals surface area contributed by atoms with Gasteiger partial charge in [0.15, 0.2) is 5.85 Å². The minimum atomic E-state index is -3.59. The second kappa shape index (κ2) is 9.69. The van der Waals surface area contributed by atoms with Gasteiger partial charge in [-0.05, 0) is 37.4 Å². The maximum atomic E-state index is 12.8. The van der Waals surface area contributed by atoms with Gasteiger partial charge in [0, 0.05) is 0 Å². The first-order valence-electron chi connectivity index (χ1n) is 8.74. The third-order valence-electron chi connectivity index (χ3n) is 4.46. The molecule has 140 valence electrons. The first-order chi connectivity index (χ1) is 10.5. The van der Waals surface area contributed by atoms with Crippen molar-refractivity contribution < 1.29 is 23.1 Å². The van der Waals surface area contributed by atoms with E-state index in [-0.39, 0.29) is 13.2 Å². The van der Waals surface area contributed by atoms with Gasteiger partial charge in [-0.25, -0.2) is 0 Å². The Morgan fingerprint density at radius 3 is 1.48 bits per heavy atom. The zero-order valence-electron chi connectivity index (χ0n) is 16.3. The fraction of sp³-hybridized carbons (Fsp3) is 1.00. The third kappa shape index (κ3) is 5.38. The quantitative estimate of drug-likeness (QED) is 0.309. The molecular weight excluding hydrogens is 333 g/mol. The number of aliphatic hydroxyl groups is 1. The maximum Gasteiger partial charge on any atom is 0.361 e. The van der Waals surface area contributed by atoms with E-state index in [1.54, 1.807) is 20.8 Å². The smallest absolute Gasteiger partial charge is 0.361 e. The fourth-order valence-corrected chi connectivity index (χ4v) is 11.0. The van der Waals surface area contributed by atoms with E-state index in [1.165, 1.54) is 0 Å². The minimum absolute atomic E-state index is 0.224. The molecule has 5 nitrogen and oxygen atoms in total. The summed E-state index contributed by atoms with van der Waals surface area (Å²) in [4.78, 5) is 0. The lowest BCUT2D eigenvalue weighted by Crippen LogP contribution is -2.51. The summed E-state index contributed by atoms with van der Waals surface area (Å²) in [5, 5.41) is 10.6.